The van der Waals surface area contributed by atoms with Crippen LogP contribution in [0.4, 0.5) is 0 Å². The molecule has 0 radical (unpaired) electrons. The highest BCUT2D eigenvalue weighted by Crippen LogP contribution is 2.28. The molecule has 130 valence electrons. The van der Waals surface area contributed by atoms with Gasteiger partial charge in [-0.15, -0.1) is 0 Å². The Morgan fingerprint density at radius 2 is 1.25 bits per heavy atom. The molecule has 0 fully saturated rings. The van der Waals surface area contributed by atoms with Crippen LogP contribution >= 0.6 is 0 Å². The number of nitrogens with one attached hydrogen (secondary N) is 2. The maximum atomic E-state index is 9.93. The number of pyridine rings is 2. The molecule has 0 atom stereocenters. The maximum absolute atomic E-state index is 9.93. The Labute approximate surface area is 140 Å². The van der Waals surface area contributed by atoms with Crippen molar-refractivity contribution in [3.8, 4) is 23.0 Å². The fourth-order valence-corrected chi connectivity index (χ4v) is 2.13. The van der Waals surface area contributed by atoms with Crippen molar-refractivity contribution in [2.24, 2.45) is 0 Å². The number of ether oxygens (including phenoxy) is 2. The molecule has 0 aliphatic rings. The Balaban J connectivity index is 1.73. The molecular formula is C16H22N4O4. The lowest BCUT2D eigenvalue weighted by Crippen LogP contribution is -2.27. The third-order valence-electron chi connectivity index (χ3n) is 3.43. The van der Waals surface area contributed by atoms with Gasteiger partial charge in [-0.2, -0.15) is 0 Å². The Kier molecular flexibility index (Phi) is 6.59. The number of methoxy groups -OCH3 is 2. The van der Waals surface area contributed by atoms with E-state index in [9.17, 15) is 10.2 Å². The first-order chi connectivity index (χ1) is 11.7. The molecule has 0 unspecified atom stereocenters. The van der Waals surface area contributed by atoms with Gasteiger partial charge in [-0.25, -0.2) is 0 Å². The Morgan fingerprint density at radius 1 is 0.833 bits per heavy atom. The number of aromatic hydroxyl groups is 2. The summed E-state index contributed by atoms with van der Waals surface area (Å²) in [6, 6.07) is 3.21. The van der Waals surface area contributed by atoms with Gasteiger partial charge >= 0.3 is 0 Å². The standard InChI is InChI=1S/C16H22N4O4/c1-23-13-3-5-19-11(15(13)21)9-17-7-8-18-10-12-16(22)14(24-2)4-6-20-12/h3-6,17-18,21-22H,7-10H2,1-2H3. The van der Waals surface area contributed by atoms with Gasteiger partial charge in [0.2, 0.25) is 0 Å². The molecule has 2 heterocycles. The highest BCUT2D eigenvalue weighted by Gasteiger charge is 2.09. The van der Waals surface area contributed by atoms with Crippen molar-refractivity contribution < 1.29 is 19.7 Å². The van der Waals surface area contributed by atoms with Crippen molar-refractivity contribution in [1.82, 2.24) is 20.6 Å². The molecule has 0 bridgehead atoms. The second-order valence-corrected chi connectivity index (χ2v) is 4.97. The summed E-state index contributed by atoms with van der Waals surface area (Å²) in [6.07, 6.45) is 3.18. The first-order valence-corrected chi connectivity index (χ1v) is 7.50. The van der Waals surface area contributed by atoms with Crippen molar-refractivity contribution in [2.75, 3.05) is 27.3 Å². The Bertz CT molecular complexity index is 609. The number of aromatic nitrogens is 2. The zero-order valence-electron chi connectivity index (χ0n) is 13.7. The van der Waals surface area contributed by atoms with E-state index in [2.05, 4.69) is 20.6 Å². The van der Waals surface area contributed by atoms with Gasteiger partial charge in [0.15, 0.2) is 23.0 Å². The summed E-state index contributed by atoms with van der Waals surface area (Å²) in [6.45, 7) is 2.16. The first kappa shape index (κ1) is 17.8. The minimum atomic E-state index is 0.0472. The van der Waals surface area contributed by atoms with E-state index in [0.29, 0.717) is 49.1 Å². The molecule has 0 amide bonds. The van der Waals surface area contributed by atoms with E-state index in [1.54, 1.807) is 24.5 Å². The molecule has 0 aromatic carbocycles. The topological polar surface area (TPSA) is 109 Å². The number of hydrogen-bond donors (Lipinski definition) is 4. The Morgan fingerprint density at radius 3 is 1.62 bits per heavy atom. The van der Waals surface area contributed by atoms with Gasteiger partial charge < -0.3 is 30.3 Å². The van der Waals surface area contributed by atoms with Crippen LogP contribution in [-0.4, -0.2) is 47.5 Å². The fraction of sp³-hybridized carbons (Fsp3) is 0.375. The second-order valence-electron chi connectivity index (χ2n) is 4.97. The highest BCUT2D eigenvalue weighted by atomic mass is 16.5. The van der Waals surface area contributed by atoms with Crippen molar-refractivity contribution in [2.45, 2.75) is 13.1 Å². The SMILES string of the molecule is COc1ccnc(CNCCNCc2nccc(OC)c2O)c1O. The molecule has 2 rings (SSSR count). The predicted octanol–water partition coefficient (Wildman–Crippen LogP) is 0.784. The molecule has 0 spiro atoms. The summed E-state index contributed by atoms with van der Waals surface area (Å²) >= 11 is 0. The van der Waals surface area contributed by atoms with E-state index in [0.717, 1.165) is 0 Å². The van der Waals surface area contributed by atoms with Crippen LogP contribution in [0.25, 0.3) is 0 Å². The number of hydrogen-bond acceptors (Lipinski definition) is 8. The zero-order valence-corrected chi connectivity index (χ0v) is 13.7. The summed E-state index contributed by atoms with van der Waals surface area (Å²) in [4.78, 5) is 8.23. The molecule has 4 N–H and O–H groups in total. The lowest BCUT2D eigenvalue weighted by molar-refractivity contribution is 0.366. The van der Waals surface area contributed by atoms with E-state index >= 15 is 0 Å². The average molecular weight is 334 g/mol. The van der Waals surface area contributed by atoms with E-state index in [4.69, 9.17) is 9.47 Å². The summed E-state index contributed by atoms with van der Waals surface area (Å²) in [5.74, 6) is 0.899. The van der Waals surface area contributed by atoms with Crippen LogP contribution in [0.2, 0.25) is 0 Å². The maximum Gasteiger partial charge on any atom is 0.181 e. The van der Waals surface area contributed by atoms with Gasteiger partial charge in [0, 0.05) is 50.7 Å². The first-order valence-electron chi connectivity index (χ1n) is 7.50. The summed E-state index contributed by atoms with van der Waals surface area (Å²) < 4.78 is 10.1. The summed E-state index contributed by atoms with van der Waals surface area (Å²) in [5.41, 5.74) is 1.06. The minimum Gasteiger partial charge on any atom is -0.503 e. The molecule has 0 saturated carbocycles. The number of nitrogens with zero attached hydrogens (tertiary/aromatic N) is 2. The highest BCUT2D eigenvalue weighted by molar-refractivity contribution is 5.41. The molecular weight excluding hydrogens is 312 g/mol. The van der Waals surface area contributed by atoms with Crippen LogP contribution in [0.1, 0.15) is 11.4 Å². The van der Waals surface area contributed by atoms with Crippen molar-refractivity contribution in [1.29, 1.82) is 0 Å². The molecule has 2 aromatic rings. The van der Waals surface area contributed by atoms with Gasteiger partial charge in [-0.1, -0.05) is 0 Å². The largest absolute Gasteiger partial charge is 0.503 e. The average Bonchev–Trinajstić information content (AvgIpc) is 2.60. The normalized spacial score (nSPS) is 10.6. The van der Waals surface area contributed by atoms with E-state index in [1.807, 2.05) is 0 Å². The lowest BCUT2D eigenvalue weighted by atomic mass is 10.3. The van der Waals surface area contributed by atoms with Gasteiger partial charge in [-0.3, -0.25) is 9.97 Å². The molecule has 8 nitrogen and oxygen atoms in total. The van der Waals surface area contributed by atoms with Gasteiger partial charge in [0.05, 0.1) is 25.6 Å². The summed E-state index contributed by atoms with van der Waals surface area (Å²) in [7, 11) is 3.00. The molecule has 0 saturated heterocycles. The van der Waals surface area contributed by atoms with E-state index in [-0.39, 0.29) is 11.5 Å². The quantitative estimate of drug-likeness (QED) is 0.498. The molecule has 8 heteroatoms. The fourth-order valence-electron chi connectivity index (χ4n) is 2.13. The van der Waals surface area contributed by atoms with Crippen LogP contribution < -0.4 is 20.1 Å². The molecule has 2 aromatic heterocycles. The van der Waals surface area contributed by atoms with Gasteiger partial charge in [-0.05, 0) is 0 Å². The molecule has 24 heavy (non-hydrogen) atoms. The van der Waals surface area contributed by atoms with Gasteiger partial charge in [0.1, 0.15) is 0 Å². The lowest BCUT2D eigenvalue weighted by Gasteiger charge is -2.10. The monoisotopic (exact) mass is 334 g/mol. The van der Waals surface area contributed by atoms with E-state index < -0.39 is 0 Å². The Hall–Kier alpha value is -2.58. The number of rotatable bonds is 9. The van der Waals surface area contributed by atoms with Crippen LogP contribution in [-0.2, 0) is 13.1 Å². The third-order valence-corrected chi connectivity index (χ3v) is 3.43. The zero-order chi connectivity index (χ0) is 17.4. The summed E-state index contributed by atoms with van der Waals surface area (Å²) in [5, 5.41) is 26.2. The predicted molar refractivity (Wildman–Crippen MR) is 88.3 cm³/mol. The van der Waals surface area contributed by atoms with Gasteiger partial charge in [0.25, 0.3) is 0 Å². The van der Waals surface area contributed by atoms with E-state index in [1.165, 1.54) is 14.2 Å². The molecule has 0 aliphatic heterocycles. The van der Waals surface area contributed by atoms with Crippen molar-refractivity contribution in [3.63, 3.8) is 0 Å². The smallest absolute Gasteiger partial charge is 0.181 e. The van der Waals surface area contributed by atoms with Crippen LogP contribution in [0.15, 0.2) is 24.5 Å². The third kappa shape index (κ3) is 4.46. The van der Waals surface area contributed by atoms with Crippen LogP contribution in [0.5, 0.6) is 23.0 Å². The van der Waals surface area contributed by atoms with Crippen molar-refractivity contribution >= 4 is 0 Å². The van der Waals surface area contributed by atoms with Crippen molar-refractivity contribution in [3.05, 3.63) is 35.9 Å². The molecule has 0 aliphatic carbocycles. The minimum absolute atomic E-state index is 0.0472. The van der Waals surface area contributed by atoms with Crippen LogP contribution in [0, 0.1) is 0 Å². The van der Waals surface area contributed by atoms with Crippen LogP contribution in [0.3, 0.4) is 0 Å². The second kappa shape index (κ2) is 8.90.